The Morgan fingerprint density at radius 3 is 2.67 bits per heavy atom. The van der Waals surface area contributed by atoms with Crippen molar-refractivity contribution in [1.82, 2.24) is 19.9 Å². The maximum Gasteiger partial charge on any atom is 0.223 e. The summed E-state index contributed by atoms with van der Waals surface area (Å²) in [5.41, 5.74) is 1.62. The lowest BCUT2D eigenvalue weighted by Gasteiger charge is -2.33. The Labute approximate surface area is 158 Å². The largest absolute Gasteiger partial charge is 0.465 e. The molecule has 1 aliphatic rings. The molecule has 1 saturated heterocycles. The van der Waals surface area contributed by atoms with Crippen molar-refractivity contribution < 1.29 is 9.15 Å². The number of pyridine rings is 1. The lowest BCUT2D eigenvalue weighted by Crippen LogP contribution is -2.41. The summed E-state index contributed by atoms with van der Waals surface area (Å²) in [5.74, 6) is 2.44. The Balaban J connectivity index is 1.50. The van der Waals surface area contributed by atoms with Gasteiger partial charge in [-0.3, -0.25) is 9.88 Å². The third-order valence-electron chi connectivity index (χ3n) is 4.61. The number of hydrogen-bond acceptors (Lipinski definition) is 7. The summed E-state index contributed by atoms with van der Waals surface area (Å²) in [6.45, 7) is 5.84. The van der Waals surface area contributed by atoms with Gasteiger partial charge in [-0.25, -0.2) is 9.97 Å². The molecule has 3 aromatic rings. The first-order valence-corrected chi connectivity index (χ1v) is 9.16. The lowest BCUT2D eigenvalue weighted by molar-refractivity contribution is 0.0143. The zero-order valence-electron chi connectivity index (χ0n) is 15.3. The molecule has 7 heteroatoms. The van der Waals surface area contributed by atoms with Crippen LogP contribution in [-0.2, 0) is 4.74 Å². The number of furan rings is 1. The van der Waals surface area contributed by atoms with Crippen LogP contribution in [0, 0.1) is 6.92 Å². The van der Waals surface area contributed by atoms with E-state index in [0.29, 0.717) is 12.5 Å². The number of hydrogen-bond donors (Lipinski definition) is 1. The van der Waals surface area contributed by atoms with Gasteiger partial charge >= 0.3 is 0 Å². The van der Waals surface area contributed by atoms with Crippen LogP contribution in [-0.4, -0.2) is 52.7 Å². The molecule has 27 heavy (non-hydrogen) atoms. The molecule has 0 radical (unpaired) electrons. The number of ether oxygens (including phenoxy) is 1. The van der Waals surface area contributed by atoms with Gasteiger partial charge in [-0.1, -0.05) is 6.07 Å². The summed E-state index contributed by atoms with van der Waals surface area (Å²) in [7, 11) is 0. The highest BCUT2D eigenvalue weighted by Crippen LogP contribution is 2.24. The molecule has 4 heterocycles. The Bertz CT molecular complexity index is 862. The second-order valence-corrected chi connectivity index (χ2v) is 6.47. The van der Waals surface area contributed by atoms with Crippen LogP contribution in [0.2, 0.25) is 0 Å². The first kappa shape index (κ1) is 17.6. The minimum atomic E-state index is 0.102. The zero-order chi connectivity index (χ0) is 18.5. The van der Waals surface area contributed by atoms with Crippen LogP contribution in [0.25, 0.3) is 11.4 Å². The highest BCUT2D eigenvalue weighted by atomic mass is 16.5. The van der Waals surface area contributed by atoms with E-state index in [2.05, 4.69) is 25.2 Å². The molecule has 7 nitrogen and oxygen atoms in total. The SMILES string of the molecule is Cc1ccc([C@@H](CNc2nccc(-c3ccccn3)n2)N2CCOCC2)o1. The summed E-state index contributed by atoms with van der Waals surface area (Å²) < 4.78 is 11.4. The van der Waals surface area contributed by atoms with E-state index in [1.54, 1.807) is 12.4 Å². The monoisotopic (exact) mass is 365 g/mol. The fraction of sp³-hybridized carbons (Fsp3) is 0.350. The van der Waals surface area contributed by atoms with Gasteiger partial charge in [0.25, 0.3) is 0 Å². The Hall–Kier alpha value is -2.77. The first-order valence-electron chi connectivity index (χ1n) is 9.16. The molecule has 0 aliphatic carbocycles. The van der Waals surface area contributed by atoms with Gasteiger partial charge in [0.15, 0.2) is 0 Å². The molecule has 140 valence electrons. The molecule has 1 N–H and O–H groups in total. The third kappa shape index (κ3) is 4.32. The van der Waals surface area contributed by atoms with Gasteiger partial charge in [-0.2, -0.15) is 0 Å². The molecule has 0 amide bonds. The fourth-order valence-corrected chi connectivity index (χ4v) is 3.22. The average Bonchev–Trinajstić information content (AvgIpc) is 3.16. The van der Waals surface area contributed by atoms with Crippen molar-refractivity contribution in [3.8, 4) is 11.4 Å². The highest BCUT2D eigenvalue weighted by molar-refractivity contribution is 5.54. The van der Waals surface area contributed by atoms with Gasteiger partial charge in [-0.15, -0.1) is 0 Å². The standard InChI is InChI=1S/C20H23N5O2/c1-15-5-6-19(27-15)18(25-10-12-26-13-11-25)14-23-20-22-9-7-17(24-20)16-4-2-3-8-21-16/h2-9,18H,10-14H2,1H3,(H,22,23,24)/t18-/m1/s1. The van der Waals surface area contributed by atoms with Crippen molar-refractivity contribution in [3.05, 3.63) is 60.3 Å². The van der Waals surface area contributed by atoms with Crippen molar-refractivity contribution in [2.45, 2.75) is 13.0 Å². The number of anilines is 1. The van der Waals surface area contributed by atoms with Gasteiger partial charge in [0.05, 0.1) is 30.6 Å². The van der Waals surface area contributed by atoms with E-state index in [9.17, 15) is 0 Å². The quantitative estimate of drug-likeness (QED) is 0.720. The van der Waals surface area contributed by atoms with Gasteiger partial charge in [0.2, 0.25) is 5.95 Å². The van der Waals surface area contributed by atoms with Gasteiger partial charge in [0, 0.05) is 32.0 Å². The van der Waals surface area contributed by atoms with Gasteiger partial charge in [-0.05, 0) is 37.3 Å². The molecule has 0 saturated carbocycles. The van der Waals surface area contributed by atoms with Crippen LogP contribution in [0.4, 0.5) is 5.95 Å². The number of morpholine rings is 1. The predicted molar refractivity (Wildman–Crippen MR) is 102 cm³/mol. The maximum atomic E-state index is 5.91. The fourth-order valence-electron chi connectivity index (χ4n) is 3.22. The minimum Gasteiger partial charge on any atom is -0.465 e. The topological polar surface area (TPSA) is 76.3 Å². The molecule has 1 aliphatic heterocycles. The number of aromatic nitrogens is 3. The van der Waals surface area contributed by atoms with Crippen molar-refractivity contribution >= 4 is 5.95 Å². The lowest BCUT2D eigenvalue weighted by atomic mass is 10.1. The second kappa shape index (κ2) is 8.28. The van der Waals surface area contributed by atoms with Crippen molar-refractivity contribution in [3.63, 3.8) is 0 Å². The Morgan fingerprint density at radius 1 is 1.04 bits per heavy atom. The van der Waals surface area contributed by atoms with E-state index in [4.69, 9.17) is 9.15 Å². The van der Waals surface area contributed by atoms with Gasteiger partial charge in [0.1, 0.15) is 11.5 Å². The number of rotatable bonds is 6. The predicted octanol–water partition coefficient (Wildman–Crippen LogP) is 2.93. The van der Waals surface area contributed by atoms with E-state index < -0.39 is 0 Å². The minimum absolute atomic E-state index is 0.102. The molecular formula is C20H23N5O2. The summed E-state index contributed by atoms with van der Waals surface area (Å²) >= 11 is 0. The number of nitrogens with zero attached hydrogens (tertiary/aromatic N) is 4. The van der Waals surface area contributed by atoms with Crippen LogP contribution >= 0.6 is 0 Å². The maximum absolute atomic E-state index is 5.91. The second-order valence-electron chi connectivity index (χ2n) is 6.47. The van der Waals surface area contributed by atoms with Crippen LogP contribution < -0.4 is 5.32 Å². The Morgan fingerprint density at radius 2 is 1.93 bits per heavy atom. The molecule has 1 fully saturated rings. The van der Waals surface area contributed by atoms with Crippen molar-refractivity contribution in [1.29, 1.82) is 0 Å². The smallest absolute Gasteiger partial charge is 0.223 e. The van der Waals surface area contributed by atoms with Crippen molar-refractivity contribution in [2.75, 3.05) is 38.2 Å². The van der Waals surface area contributed by atoms with E-state index in [1.807, 2.05) is 43.3 Å². The molecule has 0 unspecified atom stereocenters. The average molecular weight is 365 g/mol. The number of aryl methyl sites for hydroxylation is 1. The zero-order valence-corrected chi connectivity index (χ0v) is 15.3. The van der Waals surface area contributed by atoms with E-state index in [0.717, 1.165) is 49.2 Å². The van der Waals surface area contributed by atoms with Crippen LogP contribution in [0.5, 0.6) is 0 Å². The highest BCUT2D eigenvalue weighted by Gasteiger charge is 2.25. The molecule has 3 aromatic heterocycles. The summed E-state index contributed by atoms with van der Waals surface area (Å²) in [4.78, 5) is 15.7. The summed E-state index contributed by atoms with van der Waals surface area (Å²) in [5, 5.41) is 3.37. The molecule has 0 bridgehead atoms. The third-order valence-corrected chi connectivity index (χ3v) is 4.61. The van der Waals surface area contributed by atoms with E-state index in [-0.39, 0.29) is 6.04 Å². The normalized spacial score (nSPS) is 16.2. The summed E-state index contributed by atoms with van der Waals surface area (Å²) in [6.07, 6.45) is 3.51. The van der Waals surface area contributed by atoms with Gasteiger partial charge < -0.3 is 14.5 Å². The van der Waals surface area contributed by atoms with E-state index >= 15 is 0 Å². The first-order chi connectivity index (χ1) is 13.3. The molecule has 0 aromatic carbocycles. The molecule has 0 spiro atoms. The number of nitrogens with one attached hydrogen (secondary N) is 1. The van der Waals surface area contributed by atoms with E-state index in [1.165, 1.54) is 0 Å². The molecule has 4 rings (SSSR count). The Kier molecular flexibility index (Phi) is 5.41. The van der Waals surface area contributed by atoms with Crippen LogP contribution in [0.15, 0.2) is 53.2 Å². The van der Waals surface area contributed by atoms with Crippen LogP contribution in [0.3, 0.4) is 0 Å². The molecular weight excluding hydrogens is 342 g/mol. The summed E-state index contributed by atoms with van der Waals surface area (Å²) in [6, 6.07) is 11.8. The van der Waals surface area contributed by atoms with Crippen LogP contribution in [0.1, 0.15) is 17.6 Å². The molecule has 1 atom stereocenters. The van der Waals surface area contributed by atoms with Crippen molar-refractivity contribution in [2.24, 2.45) is 0 Å².